The third-order valence-electron chi connectivity index (χ3n) is 4.92. The highest BCUT2D eigenvalue weighted by molar-refractivity contribution is 5.94. The van der Waals surface area contributed by atoms with Gasteiger partial charge in [-0.05, 0) is 43.4 Å². The van der Waals surface area contributed by atoms with Crippen molar-refractivity contribution in [2.24, 2.45) is 0 Å². The van der Waals surface area contributed by atoms with E-state index in [4.69, 9.17) is 0 Å². The molecule has 1 aliphatic rings. The van der Waals surface area contributed by atoms with Crippen LogP contribution in [-0.4, -0.2) is 20.5 Å². The molecule has 2 aromatic heterocycles. The summed E-state index contributed by atoms with van der Waals surface area (Å²) in [6, 6.07) is 14.1. The molecule has 1 N–H and O–H groups in total. The normalized spacial score (nSPS) is 14.4. The number of benzene rings is 1. The highest BCUT2D eigenvalue weighted by atomic mass is 16.1. The number of hydrogen-bond acceptors (Lipinski definition) is 3. The van der Waals surface area contributed by atoms with Crippen molar-refractivity contribution in [3.63, 3.8) is 0 Å². The molecule has 0 aliphatic heterocycles. The Morgan fingerprint density at radius 1 is 1.12 bits per heavy atom. The smallest absolute Gasteiger partial charge is 0.224 e. The van der Waals surface area contributed by atoms with Crippen LogP contribution in [0.1, 0.15) is 49.4 Å². The van der Waals surface area contributed by atoms with Gasteiger partial charge in [-0.15, -0.1) is 10.2 Å². The number of aromatic nitrogens is 3. The maximum absolute atomic E-state index is 12.3. The summed E-state index contributed by atoms with van der Waals surface area (Å²) in [5.41, 5.74) is 2.74. The number of fused-ring (bicyclic) bond motifs is 1. The fourth-order valence-corrected chi connectivity index (χ4v) is 3.29. The van der Waals surface area contributed by atoms with E-state index in [1.165, 1.54) is 24.8 Å². The first-order valence-electron chi connectivity index (χ1n) is 8.99. The van der Waals surface area contributed by atoms with Crippen molar-refractivity contribution in [3.05, 3.63) is 60.0 Å². The summed E-state index contributed by atoms with van der Waals surface area (Å²) in [7, 11) is 0. The van der Waals surface area contributed by atoms with E-state index in [0.717, 1.165) is 30.0 Å². The van der Waals surface area contributed by atoms with Crippen LogP contribution in [0.4, 0.5) is 5.69 Å². The molecule has 2 heterocycles. The number of anilines is 1. The standard InChI is InChI=1S/C20H22N4O/c25-18(13-4-9-15-7-2-1-3-8-15)21-17-12-6-14-24-19(16-10-5-11-16)22-23-20(17)24/h1-3,6-8,12,14,16H,4-5,9-11,13H2,(H,21,25). The molecule has 1 aliphatic carbocycles. The minimum absolute atomic E-state index is 0.0252. The minimum atomic E-state index is 0.0252. The number of pyridine rings is 1. The van der Waals surface area contributed by atoms with E-state index in [9.17, 15) is 4.79 Å². The van der Waals surface area contributed by atoms with Gasteiger partial charge in [-0.2, -0.15) is 0 Å². The molecular weight excluding hydrogens is 312 g/mol. The zero-order chi connectivity index (χ0) is 17.1. The predicted octanol–water partition coefficient (Wildman–Crippen LogP) is 3.96. The third-order valence-corrected chi connectivity index (χ3v) is 4.92. The van der Waals surface area contributed by atoms with Crippen molar-refractivity contribution in [2.45, 2.75) is 44.4 Å². The van der Waals surface area contributed by atoms with Crippen LogP contribution in [-0.2, 0) is 11.2 Å². The maximum atomic E-state index is 12.3. The molecule has 128 valence electrons. The Labute approximate surface area is 147 Å². The van der Waals surface area contributed by atoms with Gasteiger partial charge in [0.15, 0.2) is 5.65 Å². The summed E-state index contributed by atoms with van der Waals surface area (Å²) in [4.78, 5) is 12.3. The van der Waals surface area contributed by atoms with Crippen LogP contribution in [0.15, 0.2) is 48.7 Å². The maximum Gasteiger partial charge on any atom is 0.224 e. The van der Waals surface area contributed by atoms with Crippen LogP contribution in [0, 0.1) is 0 Å². The summed E-state index contributed by atoms with van der Waals surface area (Å²) in [5.74, 6) is 1.55. The van der Waals surface area contributed by atoms with Crippen LogP contribution in [0.3, 0.4) is 0 Å². The van der Waals surface area contributed by atoms with Gasteiger partial charge in [-0.25, -0.2) is 0 Å². The molecule has 5 nitrogen and oxygen atoms in total. The first-order chi connectivity index (χ1) is 12.3. The average molecular weight is 334 g/mol. The summed E-state index contributed by atoms with van der Waals surface area (Å²) in [6.45, 7) is 0. The predicted molar refractivity (Wildman–Crippen MR) is 97.6 cm³/mol. The topological polar surface area (TPSA) is 59.3 Å². The molecule has 1 aromatic carbocycles. The van der Waals surface area contributed by atoms with E-state index in [1.807, 2.05) is 40.9 Å². The Hall–Kier alpha value is -2.69. The Morgan fingerprint density at radius 2 is 1.96 bits per heavy atom. The lowest BCUT2D eigenvalue weighted by molar-refractivity contribution is -0.116. The Bertz CT molecular complexity index is 868. The minimum Gasteiger partial charge on any atom is -0.323 e. The van der Waals surface area contributed by atoms with Crippen LogP contribution in [0.2, 0.25) is 0 Å². The first kappa shape index (κ1) is 15.8. The SMILES string of the molecule is O=C(CCCc1ccccc1)Nc1cccn2c(C3CCC3)nnc12. The Morgan fingerprint density at radius 3 is 2.72 bits per heavy atom. The van der Waals surface area contributed by atoms with Crippen molar-refractivity contribution in [1.82, 2.24) is 14.6 Å². The molecule has 0 bridgehead atoms. The molecule has 5 heteroatoms. The monoisotopic (exact) mass is 334 g/mol. The number of nitrogens with zero attached hydrogens (tertiary/aromatic N) is 3. The van der Waals surface area contributed by atoms with E-state index >= 15 is 0 Å². The molecule has 4 rings (SSSR count). The van der Waals surface area contributed by atoms with E-state index < -0.39 is 0 Å². The molecule has 0 spiro atoms. The number of hydrogen-bond donors (Lipinski definition) is 1. The van der Waals surface area contributed by atoms with Gasteiger partial charge in [0, 0.05) is 18.5 Å². The van der Waals surface area contributed by atoms with E-state index in [2.05, 4.69) is 27.6 Å². The van der Waals surface area contributed by atoms with Gasteiger partial charge in [0.2, 0.25) is 5.91 Å². The molecule has 0 saturated heterocycles. The van der Waals surface area contributed by atoms with Crippen LogP contribution >= 0.6 is 0 Å². The van der Waals surface area contributed by atoms with E-state index in [-0.39, 0.29) is 5.91 Å². The van der Waals surface area contributed by atoms with Gasteiger partial charge in [0.25, 0.3) is 0 Å². The lowest BCUT2D eigenvalue weighted by Crippen LogP contribution is -2.14. The van der Waals surface area contributed by atoms with Crippen LogP contribution < -0.4 is 5.32 Å². The lowest BCUT2D eigenvalue weighted by atomic mass is 9.85. The molecule has 25 heavy (non-hydrogen) atoms. The summed E-state index contributed by atoms with van der Waals surface area (Å²) in [5, 5.41) is 11.6. The summed E-state index contributed by atoms with van der Waals surface area (Å²) >= 11 is 0. The van der Waals surface area contributed by atoms with Crippen molar-refractivity contribution in [1.29, 1.82) is 0 Å². The Balaban J connectivity index is 1.40. The first-order valence-corrected chi connectivity index (χ1v) is 8.99. The fourth-order valence-electron chi connectivity index (χ4n) is 3.29. The van der Waals surface area contributed by atoms with Crippen molar-refractivity contribution in [2.75, 3.05) is 5.32 Å². The van der Waals surface area contributed by atoms with Gasteiger partial charge in [0.1, 0.15) is 5.82 Å². The highest BCUT2D eigenvalue weighted by Crippen LogP contribution is 2.35. The molecule has 1 saturated carbocycles. The second-order valence-electron chi connectivity index (χ2n) is 6.69. The van der Waals surface area contributed by atoms with Gasteiger partial charge in [-0.3, -0.25) is 9.20 Å². The quantitative estimate of drug-likeness (QED) is 0.742. The molecule has 0 atom stereocenters. The number of rotatable bonds is 6. The molecule has 0 unspecified atom stereocenters. The van der Waals surface area contributed by atoms with Crippen molar-refractivity contribution < 1.29 is 4.79 Å². The number of aryl methyl sites for hydroxylation is 1. The fraction of sp³-hybridized carbons (Fsp3) is 0.350. The second-order valence-corrected chi connectivity index (χ2v) is 6.69. The van der Waals surface area contributed by atoms with Gasteiger partial charge < -0.3 is 5.32 Å². The zero-order valence-corrected chi connectivity index (χ0v) is 14.2. The third kappa shape index (κ3) is 3.40. The zero-order valence-electron chi connectivity index (χ0n) is 14.2. The molecule has 3 aromatic rings. The van der Waals surface area contributed by atoms with Crippen molar-refractivity contribution in [3.8, 4) is 0 Å². The highest BCUT2D eigenvalue weighted by Gasteiger charge is 2.25. The number of amides is 1. The molecule has 1 amide bonds. The van der Waals surface area contributed by atoms with E-state index in [1.54, 1.807) is 0 Å². The van der Waals surface area contributed by atoms with Crippen LogP contribution in [0.5, 0.6) is 0 Å². The van der Waals surface area contributed by atoms with E-state index in [0.29, 0.717) is 12.3 Å². The molecule has 0 radical (unpaired) electrons. The summed E-state index contributed by atoms with van der Waals surface area (Å²) < 4.78 is 2.02. The van der Waals surface area contributed by atoms with Gasteiger partial charge >= 0.3 is 0 Å². The molecule has 1 fully saturated rings. The van der Waals surface area contributed by atoms with Crippen LogP contribution in [0.25, 0.3) is 5.65 Å². The lowest BCUT2D eigenvalue weighted by Gasteiger charge is -2.23. The Kier molecular flexibility index (Phi) is 4.46. The summed E-state index contributed by atoms with van der Waals surface area (Å²) in [6.07, 6.45) is 7.84. The second kappa shape index (κ2) is 7.05. The van der Waals surface area contributed by atoms with Crippen molar-refractivity contribution >= 4 is 17.2 Å². The van der Waals surface area contributed by atoms with Gasteiger partial charge in [0.05, 0.1) is 5.69 Å². The number of carbonyl (C=O) groups is 1. The number of carbonyl (C=O) groups excluding carboxylic acids is 1. The largest absolute Gasteiger partial charge is 0.323 e. The number of nitrogens with one attached hydrogen (secondary N) is 1. The average Bonchev–Trinajstić information content (AvgIpc) is 2.99. The van der Waals surface area contributed by atoms with Gasteiger partial charge in [-0.1, -0.05) is 36.8 Å². The molecular formula is C20H22N4O.